The van der Waals surface area contributed by atoms with Crippen molar-refractivity contribution in [1.82, 2.24) is 4.98 Å². The van der Waals surface area contributed by atoms with Crippen molar-refractivity contribution in [2.24, 2.45) is 0 Å². The molecule has 1 rings (SSSR count). The summed E-state index contributed by atoms with van der Waals surface area (Å²) < 4.78 is 0. The third kappa shape index (κ3) is 2.75. The van der Waals surface area contributed by atoms with E-state index in [0.717, 1.165) is 5.56 Å². The Balaban J connectivity index is 0.000000810. The zero-order valence-corrected chi connectivity index (χ0v) is 7.50. The van der Waals surface area contributed by atoms with Crippen molar-refractivity contribution in [2.75, 3.05) is 0 Å². The monoisotopic (exact) mass is 313 g/mol. The minimum absolute atomic E-state index is 0. The molecule has 0 spiro atoms. The van der Waals surface area contributed by atoms with Crippen LogP contribution < -0.4 is 0 Å². The molecule has 0 fully saturated rings. The van der Waals surface area contributed by atoms with Crippen LogP contribution in [0.3, 0.4) is 0 Å². The Kier molecular flexibility index (Phi) is 4.79. The summed E-state index contributed by atoms with van der Waals surface area (Å²) in [6.45, 7) is 7.01. The van der Waals surface area contributed by atoms with E-state index in [1.54, 1.807) is 12.4 Å². The molecular formula is C7H6N2Pt. The van der Waals surface area contributed by atoms with Gasteiger partial charge in [0.2, 0.25) is 6.54 Å². The topological polar surface area (TPSA) is 17.2 Å². The molecule has 0 aromatic carbocycles. The molecule has 0 saturated heterocycles. The fourth-order valence-electron chi connectivity index (χ4n) is 0.579. The average molecular weight is 313 g/mol. The summed E-state index contributed by atoms with van der Waals surface area (Å²) in [5, 5.41) is 0. The summed E-state index contributed by atoms with van der Waals surface area (Å²) in [6.07, 6.45) is 3.39. The van der Waals surface area contributed by atoms with Crippen molar-refractivity contribution in [2.45, 2.75) is 6.54 Å². The van der Waals surface area contributed by atoms with Crippen LogP contribution in [0.25, 0.3) is 4.85 Å². The van der Waals surface area contributed by atoms with E-state index in [4.69, 9.17) is 6.57 Å². The summed E-state index contributed by atoms with van der Waals surface area (Å²) in [6, 6.07) is 3.69. The van der Waals surface area contributed by atoms with E-state index in [1.807, 2.05) is 12.1 Å². The zero-order valence-electron chi connectivity index (χ0n) is 5.23. The summed E-state index contributed by atoms with van der Waals surface area (Å²) in [4.78, 5) is 7.05. The van der Waals surface area contributed by atoms with E-state index in [9.17, 15) is 0 Å². The van der Waals surface area contributed by atoms with Crippen molar-refractivity contribution in [1.29, 1.82) is 0 Å². The second kappa shape index (κ2) is 5.14. The maximum absolute atomic E-state index is 6.54. The van der Waals surface area contributed by atoms with E-state index in [0.29, 0.717) is 6.54 Å². The summed E-state index contributed by atoms with van der Waals surface area (Å²) >= 11 is 0. The molecular weight excluding hydrogens is 307 g/mol. The smallest absolute Gasteiger partial charge is 0.239 e. The van der Waals surface area contributed by atoms with Gasteiger partial charge in [-0.05, 0) is 12.1 Å². The summed E-state index contributed by atoms with van der Waals surface area (Å²) in [7, 11) is 0. The molecule has 1 heterocycles. The van der Waals surface area contributed by atoms with Crippen LogP contribution in [0.2, 0.25) is 0 Å². The van der Waals surface area contributed by atoms with Gasteiger partial charge in [0.1, 0.15) is 0 Å². The van der Waals surface area contributed by atoms with Gasteiger partial charge in [0, 0.05) is 39.0 Å². The van der Waals surface area contributed by atoms with Gasteiger partial charge in [0.25, 0.3) is 0 Å². The maximum atomic E-state index is 6.54. The standard InChI is InChI=1S/C7H6N2.Pt/c1-8-6-7-2-4-9-5-3-7;/h2-5H,6H2;. The predicted octanol–water partition coefficient (Wildman–Crippen LogP) is 1.50. The molecule has 0 atom stereocenters. The fourth-order valence-corrected chi connectivity index (χ4v) is 0.579. The Hall–Kier alpha value is -0.672. The van der Waals surface area contributed by atoms with E-state index in [-0.39, 0.29) is 21.1 Å². The van der Waals surface area contributed by atoms with E-state index >= 15 is 0 Å². The van der Waals surface area contributed by atoms with E-state index in [1.165, 1.54) is 0 Å². The fraction of sp³-hybridized carbons (Fsp3) is 0.143. The molecule has 0 amide bonds. The molecule has 1 aromatic rings. The second-order valence-electron chi connectivity index (χ2n) is 1.67. The Morgan fingerprint density at radius 2 is 2.00 bits per heavy atom. The molecule has 0 radical (unpaired) electrons. The molecule has 0 saturated carbocycles. The Bertz CT molecular complexity index is 215. The first-order valence-electron chi connectivity index (χ1n) is 2.65. The minimum Gasteiger partial charge on any atom is -0.312 e. The Morgan fingerprint density at radius 1 is 1.40 bits per heavy atom. The van der Waals surface area contributed by atoms with Gasteiger partial charge in [0.15, 0.2) is 0 Å². The van der Waals surface area contributed by atoms with Crippen LogP contribution in [0.5, 0.6) is 0 Å². The van der Waals surface area contributed by atoms with Crippen LogP contribution in [0, 0.1) is 6.57 Å². The summed E-state index contributed by atoms with van der Waals surface area (Å²) in [5.74, 6) is 0. The SMILES string of the molecule is [C-]#[N+]Cc1ccncc1.[Pt]. The number of hydrogen-bond acceptors (Lipinski definition) is 1. The number of aromatic nitrogens is 1. The predicted molar refractivity (Wildman–Crippen MR) is 34.5 cm³/mol. The van der Waals surface area contributed by atoms with Crippen LogP contribution in [0.4, 0.5) is 0 Å². The van der Waals surface area contributed by atoms with Crippen molar-refractivity contribution in [3.63, 3.8) is 0 Å². The molecule has 3 heteroatoms. The quantitative estimate of drug-likeness (QED) is 0.718. The van der Waals surface area contributed by atoms with Crippen LogP contribution >= 0.6 is 0 Å². The Morgan fingerprint density at radius 3 is 2.50 bits per heavy atom. The molecule has 0 N–H and O–H groups in total. The number of nitrogens with zero attached hydrogens (tertiary/aromatic N) is 2. The molecule has 1 aromatic heterocycles. The largest absolute Gasteiger partial charge is 0.312 e. The first-order chi connectivity index (χ1) is 4.43. The number of hydrogen-bond donors (Lipinski definition) is 0. The van der Waals surface area contributed by atoms with Gasteiger partial charge < -0.3 is 4.85 Å². The third-order valence-corrected chi connectivity index (χ3v) is 1.01. The molecule has 0 aliphatic rings. The summed E-state index contributed by atoms with van der Waals surface area (Å²) in [5.41, 5.74) is 1.03. The van der Waals surface area contributed by atoms with Crippen molar-refractivity contribution < 1.29 is 21.1 Å². The normalized spacial score (nSPS) is 7.50. The van der Waals surface area contributed by atoms with Gasteiger partial charge in [-0.1, -0.05) is 0 Å². The van der Waals surface area contributed by atoms with Crippen LogP contribution in [0.1, 0.15) is 5.56 Å². The van der Waals surface area contributed by atoms with Gasteiger partial charge >= 0.3 is 0 Å². The number of pyridine rings is 1. The van der Waals surface area contributed by atoms with Crippen LogP contribution in [-0.4, -0.2) is 4.98 Å². The first kappa shape index (κ1) is 9.33. The molecule has 0 unspecified atom stereocenters. The van der Waals surface area contributed by atoms with E-state index in [2.05, 4.69) is 9.83 Å². The second-order valence-corrected chi connectivity index (χ2v) is 1.67. The van der Waals surface area contributed by atoms with Gasteiger partial charge in [0.05, 0.1) is 0 Å². The Labute approximate surface area is 74.4 Å². The van der Waals surface area contributed by atoms with Gasteiger partial charge in [-0.25, -0.2) is 6.57 Å². The zero-order chi connectivity index (χ0) is 6.53. The average Bonchev–Trinajstić information content (AvgIpc) is 1.91. The molecule has 54 valence electrons. The first-order valence-corrected chi connectivity index (χ1v) is 2.65. The molecule has 0 aliphatic carbocycles. The molecule has 2 nitrogen and oxygen atoms in total. The molecule has 0 bridgehead atoms. The van der Waals surface area contributed by atoms with E-state index < -0.39 is 0 Å². The maximum Gasteiger partial charge on any atom is 0.239 e. The number of rotatable bonds is 1. The van der Waals surface area contributed by atoms with Gasteiger partial charge in [-0.15, -0.1) is 0 Å². The van der Waals surface area contributed by atoms with Crippen LogP contribution in [0.15, 0.2) is 24.5 Å². The molecule has 10 heavy (non-hydrogen) atoms. The van der Waals surface area contributed by atoms with Crippen molar-refractivity contribution in [3.05, 3.63) is 41.5 Å². The van der Waals surface area contributed by atoms with Crippen molar-refractivity contribution >= 4 is 0 Å². The van der Waals surface area contributed by atoms with Gasteiger partial charge in [-0.2, -0.15) is 0 Å². The van der Waals surface area contributed by atoms with Crippen LogP contribution in [-0.2, 0) is 27.6 Å². The van der Waals surface area contributed by atoms with Crippen molar-refractivity contribution in [3.8, 4) is 0 Å². The van der Waals surface area contributed by atoms with Gasteiger partial charge in [-0.3, -0.25) is 4.98 Å². The minimum atomic E-state index is 0. The molecule has 0 aliphatic heterocycles. The third-order valence-electron chi connectivity index (χ3n) is 1.01.